The summed E-state index contributed by atoms with van der Waals surface area (Å²) in [6.07, 6.45) is 23.4. The second-order valence-electron chi connectivity index (χ2n) is 8.75. The van der Waals surface area contributed by atoms with E-state index in [9.17, 15) is 0 Å². The Bertz CT molecular complexity index is 633. The molecular weight excluding hydrogens is 338 g/mol. The third-order valence-corrected chi connectivity index (χ3v) is 6.17. The fourth-order valence-electron chi connectivity index (χ4n) is 4.17. The lowest BCUT2D eigenvalue weighted by atomic mass is 9.95. The van der Waals surface area contributed by atoms with Crippen LogP contribution in [-0.4, -0.2) is 4.98 Å². The van der Waals surface area contributed by atoms with Crippen molar-refractivity contribution in [1.29, 1.82) is 0 Å². The Hall–Kier alpha value is -1.37. The van der Waals surface area contributed by atoms with Crippen molar-refractivity contribution in [3.63, 3.8) is 0 Å². The Morgan fingerprint density at radius 1 is 0.714 bits per heavy atom. The summed E-state index contributed by atoms with van der Waals surface area (Å²) in [6, 6.07) is 10.8. The van der Waals surface area contributed by atoms with Crippen LogP contribution in [0, 0.1) is 0 Å². The topological polar surface area (TPSA) is 12.9 Å². The summed E-state index contributed by atoms with van der Waals surface area (Å²) in [5, 5.41) is 1.27. The van der Waals surface area contributed by atoms with E-state index >= 15 is 0 Å². The first-order chi connectivity index (χ1) is 13.8. The molecule has 0 N–H and O–H groups in total. The van der Waals surface area contributed by atoms with Gasteiger partial charge in [0.1, 0.15) is 0 Å². The SMILES string of the molecule is CCCCCCCCCCCCCCCCC(C)c1cnc2ccccc2c1. The molecule has 0 aliphatic rings. The van der Waals surface area contributed by atoms with E-state index in [1.165, 1.54) is 107 Å². The predicted molar refractivity (Wildman–Crippen MR) is 125 cm³/mol. The van der Waals surface area contributed by atoms with Crippen molar-refractivity contribution in [2.24, 2.45) is 0 Å². The first kappa shape index (κ1) is 22.9. The van der Waals surface area contributed by atoms with Crippen LogP contribution in [0.3, 0.4) is 0 Å². The third kappa shape index (κ3) is 9.22. The quantitative estimate of drug-likeness (QED) is 0.264. The number of unbranched alkanes of at least 4 members (excludes halogenated alkanes) is 13. The van der Waals surface area contributed by atoms with Gasteiger partial charge in [-0.05, 0) is 30.0 Å². The monoisotopic (exact) mass is 381 g/mol. The maximum absolute atomic E-state index is 4.62. The molecule has 1 heterocycles. The highest BCUT2D eigenvalue weighted by molar-refractivity contribution is 5.78. The molecule has 1 aromatic carbocycles. The number of rotatable bonds is 16. The van der Waals surface area contributed by atoms with Gasteiger partial charge in [-0.25, -0.2) is 0 Å². The third-order valence-electron chi connectivity index (χ3n) is 6.17. The van der Waals surface area contributed by atoms with E-state index in [0.29, 0.717) is 5.92 Å². The molecule has 0 aliphatic carbocycles. The summed E-state index contributed by atoms with van der Waals surface area (Å²) < 4.78 is 0. The number of fused-ring (bicyclic) bond motifs is 1. The van der Waals surface area contributed by atoms with E-state index in [1.54, 1.807) is 0 Å². The summed E-state index contributed by atoms with van der Waals surface area (Å²) in [5.41, 5.74) is 2.50. The molecule has 0 saturated heterocycles. The molecule has 0 bridgehead atoms. The minimum atomic E-state index is 0.620. The normalized spacial score (nSPS) is 12.5. The van der Waals surface area contributed by atoms with Crippen LogP contribution >= 0.6 is 0 Å². The van der Waals surface area contributed by atoms with Gasteiger partial charge in [0.15, 0.2) is 0 Å². The van der Waals surface area contributed by atoms with Gasteiger partial charge in [0.05, 0.1) is 5.52 Å². The number of hydrogen-bond acceptors (Lipinski definition) is 1. The Labute approximate surface area is 174 Å². The Morgan fingerprint density at radius 2 is 1.25 bits per heavy atom. The van der Waals surface area contributed by atoms with Gasteiger partial charge in [0.25, 0.3) is 0 Å². The van der Waals surface area contributed by atoms with Gasteiger partial charge in [-0.1, -0.05) is 122 Å². The van der Waals surface area contributed by atoms with E-state index in [2.05, 4.69) is 55.4 Å². The van der Waals surface area contributed by atoms with Crippen molar-refractivity contribution in [3.8, 4) is 0 Å². The molecule has 0 amide bonds. The molecule has 2 rings (SSSR count). The van der Waals surface area contributed by atoms with Gasteiger partial charge in [-0.2, -0.15) is 0 Å². The number of aromatic nitrogens is 1. The number of benzene rings is 1. The molecule has 0 aliphatic heterocycles. The maximum Gasteiger partial charge on any atom is 0.0702 e. The van der Waals surface area contributed by atoms with Crippen LogP contribution in [0.1, 0.15) is 122 Å². The van der Waals surface area contributed by atoms with Crippen molar-refractivity contribution >= 4 is 10.9 Å². The Balaban J connectivity index is 1.43. The number of hydrogen-bond donors (Lipinski definition) is 0. The largest absolute Gasteiger partial charge is 0.256 e. The second-order valence-corrected chi connectivity index (χ2v) is 8.75. The molecule has 1 nitrogen and oxygen atoms in total. The molecule has 0 fully saturated rings. The zero-order chi connectivity index (χ0) is 19.9. The molecular formula is C27H43N. The van der Waals surface area contributed by atoms with Gasteiger partial charge in [-0.15, -0.1) is 0 Å². The lowest BCUT2D eigenvalue weighted by Crippen LogP contribution is -1.95. The molecule has 28 heavy (non-hydrogen) atoms. The van der Waals surface area contributed by atoms with E-state index in [-0.39, 0.29) is 0 Å². The van der Waals surface area contributed by atoms with Gasteiger partial charge in [0.2, 0.25) is 0 Å². The standard InChI is InChI=1S/C27H43N/c1-3-4-5-6-7-8-9-10-11-12-13-14-15-16-19-24(2)26-22-25-20-17-18-21-27(25)28-23-26/h17-18,20-24H,3-16,19H2,1-2H3. The van der Waals surface area contributed by atoms with E-state index in [1.807, 2.05) is 0 Å². The molecule has 1 heteroatoms. The van der Waals surface area contributed by atoms with Crippen molar-refractivity contribution in [1.82, 2.24) is 4.98 Å². The molecule has 1 unspecified atom stereocenters. The van der Waals surface area contributed by atoms with Gasteiger partial charge < -0.3 is 0 Å². The zero-order valence-corrected chi connectivity index (χ0v) is 18.6. The number of pyridine rings is 1. The molecule has 2 aromatic rings. The van der Waals surface area contributed by atoms with Crippen molar-refractivity contribution in [2.45, 2.75) is 116 Å². The van der Waals surface area contributed by atoms with Crippen LogP contribution in [0.5, 0.6) is 0 Å². The Kier molecular flexibility index (Phi) is 12.0. The Morgan fingerprint density at radius 3 is 1.86 bits per heavy atom. The fourth-order valence-corrected chi connectivity index (χ4v) is 4.17. The lowest BCUT2D eigenvalue weighted by molar-refractivity contribution is 0.524. The predicted octanol–water partition coefficient (Wildman–Crippen LogP) is 9.21. The van der Waals surface area contributed by atoms with Crippen LogP contribution in [0.15, 0.2) is 36.5 Å². The van der Waals surface area contributed by atoms with Gasteiger partial charge in [-0.3, -0.25) is 4.98 Å². The highest BCUT2D eigenvalue weighted by Gasteiger charge is 2.07. The van der Waals surface area contributed by atoms with Crippen LogP contribution in [0.25, 0.3) is 10.9 Å². The van der Waals surface area contributed by atoms with Crippen LogP contribution in [-0.2, 0) is 0 Å². The molecule has 0 spiro atoms. The average molecular weight is 382 g/mol. The molecule has 1 aromatic heterocycles. The summed E-state index contributed by atoms with van der Waals surface area (Å²) in [4.78, 5) is 4.62. The van der Waals surface area contributed by atoms with E-state index in [4.69, 9.17) is 0 Å². The smallest absolute Gasteiger partial charge is 0.0702 e. The fraction of sp³-hybridized carbons (Fsp3) is 0.667. The summed E-state index contributed by atoms with van der Waals surface area (Å²) in [6.45, 7) is 4.65. The average Bonchev–Trinajstić information content (AvgIpc) is 2.73. The molecule has 156 valence electrons. The zero-order valence-electron chi connectivity index (χ0n) is 18.6. The van der Waals surface area contributed by atoms with Crippen LogP contribution in [0.2, 0.25) is 0 Å². The maximum atomic E-state index is 4.62. The summed E-state index contributed by atoms with van der Waals surface area (Å²) >= 11 is 0. The second kappa shape index (κ2) is 14.6. The highest BCUT2D eigenvalue weighted by Crippen LogP contribution is 2.24. The minimum absolute atomic E-state index is 0.620. The van der Waals surface area contributed by atoms with Crippen LogP contribution < -0.4 is 0 Å². The molecule has 0 radical (unpaired) electrons. The first-order valence-corrected chi connectivity index (χ1v) is 12.2. The van der Waals surface area contributed by atoms with Gasteiger partial charge >= 0.3 is 0 Å². The first-order valence-electron chi connectivity index (χ1n) is 12.2. The number of para-hydroxylation sites is 1. The number of nitrogens with zero attached hydrogens (tertiary/aromatic N) is 1. The van der Waals surface area contributed by atoms with E-state index in [0.717, 1.165) is 5.52 Å². The van der Waals surface area contributed by atoms with Crippen molar-refractivity contribution < 1.29 is 0 Å². The summed E-state index contributed by atoms with van der Waals surface area (Å²) in [5.74, 6) is 0.620. The highest BCUT2D eigenvalue weighted by atomic mass is 14.6. The van der Waals surface area contributed by atoms with Crippen LogP contribution in [0.4, 0.5) is 0 Å². The lowest BCUT2D eigenvalue weighted by Gasteiger charge is -2.12. The molecule has 0 saturated carbocycles. The summed E-state index contributed by atoms with van der Waals surface area (Å²) in [7, 11) is 0. The van der Waals surface area contributed by atoms with Crippen molar-refractivity contribution in [3.05, 3.63) is 42.1 Å². The van der Waals surface area contributed by atoms with Crippen molar-refractivity contribution in [2.75, 3.05) is 0 Å². The van der Waals surface area contributed by atoms with E-state index < -0.39 is 0 Å². The molecule has 1 atom stereocenters. The van der Waals surface area contributed by atoms with Gasteiger partial charge in [0, 0.05) is 11.6 Å². The minimum Gasteiger partial charge on any atom is -0.256 e.